The van der Waals surface area contributed by atoms with E-state index in [4.69, 9.17) is 5.84 Å². The number of hydrogen-bond acceptors (Lipinski definition) is 6. The number of nitrogen functional groups attached to an aromatic ring is 1. The Bertz CT molecular complexity index is 895. The van der Waals surface area contributed by atoms with Gasteiger partial charge in [0.05, 0.1) is 0 Å². The molecule has 0 saturated heterocycles. The van der Waals surface area contributed by atoms with Crippen molar-refractivity contribution in [3.8, 4) is 0 Å². The molecule has 3 rings (SSSR count). The third-order valence-electron chi connectivity index (χ3n) is 3.35. The highest BCUT2D eigenvalue weighted by Crippen LogP contribution is 2.19. The highest BCUT2D eigenvalue weighted by atomic mass is 32.2. The van der Waals surface area contributed by atoms with E-state index < -0.39 is 5.56 Å². The van der Waals surface area contributed by atoms with Gasteiger partial charge in [-0.15, -0.1) is 10.2 Å². The quantitative estimate of drug-likeness (QED) is 0.549. The Morgan fingerprint density at radius 3 is 2.67 bits per heavy atom. The van der Waals surface area contributed by atoms with Crippen LogP contribution in [0.2, 0.25) is 0 Å². The number of nitrogens with zero attached hydrogens (tertiary/aromatic N) is 3. The van der Waals surface area contributed by atoms with Gasteiger partial charge in [0.15, 0.2) is 0 Å². The van der Waals surface area contributed by atoms with Gasteiger partial charge in [-0.25, -0.2) is 0 Å². The van der Waals surface area contributed by atoms with Crippen molar-refractivity contribution in [2.24, 2.45) is 0 Å². The van der Waals surface area contributed by atoms with Crippen LogP contribution in [0.25, 0.3) is 0 Å². The highest BCUT2D eigenvalue weighted by molar-refractivity contribution is 7.98. The number of rotatable bonds is 5. The van der Waals surface area contributed by atoms with Gasteiger partial charge >= 0.3 is 5.56 Å². The van der Waals surface area contributed by atoms with Crippen molar-refractivity contribution in [2.45, 2.75) is 17.8 Å². The third kappa shape index (κ3) is 3.75. The van der Waals surface area contributed by atoms with Gasteiger partial charge in [-0.2, -0.15) is 4.68 Å². The summed E-state index contributed by atoms with van der Waals surface area (Å²) >= 11 is 1.37. The Morgan fingerprint density at radius 2 is 1.92 bits per heavy atom. The summed E-state index contributed by atoms with van der Waals surface area (Å²) in [6.45, 7) is 2.04. The molecule has 0 saturated carbocycles. The number of nitrogens with one attached hydrogen (secondary N) is 1. The SMILES string of the molecule is Cc1cccc(CSc2nnc(Nc3ccccc3)c(=O)n2N)c1. The normalized spacial score (nSPS) is 10.5. The molecule has 2 aromatic carbocycles. The summed E-state index contributed by atoms with van der Waals surface area (Å²) in [5.41, 5.74) is 2.66. The molecule has 122 valence electrons. The van der Waals surface area contributed by atoms with Crippen LogP contribution in [0.4, 0.5) is 11.5 Å². The fourth-order valence-electron chi connectivity index (χ4n) is 2.17. The Balaban J connectivity index is 1.76. The van der Waals surface area contributed by atoms with Crippen LogP contribution in [0.1, 0.15) is 11.1 Å². The smallest absolute Gasteiger partial charge is 0.315 e. The summed E-state index contributed by atoms with van der Waals surface area (Å²) in [4.78, 5) is 12.3. The third-order valence-corrected chi connectivity index (χ3v) is 4.36. The monoisotopic (exact) mass is 339 g/mol. The summed E-state index contributed by atoms with van der Waals surface area (Å²) in [7, 11) is 0. The van der Waals surface area contributed by atoms with E-state index in [0.717, 1.165) is 15.9 Å². The van der Waals surface area contributed by atoms with Gasteiger partial charge < -0.3 is 11.2 Å². The molecule has 3 N–H and O–H groups in total. The molecule has 0 aliphatic heterocycles. The standard InChI is InChI=1S/C17H17N5OS/c1-12-6-5-7-13(10-12)11-24-17-21-20-15(16(23)22(17)18)19-14-8-3-2-4-9-14/h2-10H,11,18H2,1H3,(H,19,20). The predicted octanol–water partition coefficient (Wildman–Crippen LogP) is 2.70. The molecule has 7 heteroatoms. The minimum Gasteiger partial charge on any atom is -0.334 e. The number of hydrogen-bond donors (Lipinski definition) is 2. The van der Waals surface area contributed by atoms with Crippen LogP contribution >= 0.6 is 11.8 Å². The molecular weight excluding hydrogens is 322 g/mol. The molecule has 0 radical (unpaired) electrons. The second-order valence-corrected chi connectivity index (χ2v) is 6.22. The zero-order valence-corrected chi connectivity index (χ0v) is 14.0. The minimum atomic E-state index is -0.416. The van der Waals surface area contributed by atoms with E-state index in [1.54, 1.807) is 0 Å². The molecule has 0 aliphatic carbocycles. The zero-order valence-electron chi connectivity index (χ0n) is 13.1. The lowest BCUT2D eigenvalue weighted by Gasteiger charge is -2.09. The molecule has 0 fully saturated rings. The summed E-state index contributed by atoms with van der Waals surface area (Å²) in [6, 6.07) is 17.4. The summed E-state index contributed by atoms with van der Waals surface area (Å²) in [5, 5.41) is 11.3. The number of thioether (sulfide) groups is 1. The number of anilines is 2. The molecular formula is C17H17N5OS. The average molecular weight is 339 g/mol. The van der Waals surface area contributed by atoms with E-state index in [0.29, 0.717) is 10.9 Å². The highest BCUT2D eigenvalue weighted by Gasteiger charge is 2.11. The van der Waals surface area contributed by atoms with Gasteiger partial charge in [0.2, 0.25) is 11.0 Å². The Morgan fingerprint density at radius 1 is 1.12 bits per heavy atom. The molecule has 6 nitrogen and oxygen atoms in total. The lowest BCUT2D eigenvalue weighted by molar-refractivity contribution is 0.705. The van der Waals surface area contributed by atoms with Gasteiger partial charge in [-0.05, 0) is 24.6 Å². The van der Waals surface area contributed by atoms with E-state index in [2.05, 4.69) is 21.6 Å². The molecule has 1 aromatic heterocycles. The largest absolute Gasteiger partial charge is 0.334 e. The maximum Gasteiger partial charge on any atom is 0.315 e. The molecule has 0 atom stereocenters. The first-order valence-electron chi connectivity index (χ1n) is 7.39. The maximum atomic E-state index is 12.3. The van der Waals surface area contributed by atoms with Crippen LogP contribution in [0.3, 0.4) is 0 Å². The lowest BCUT2D eigenvalue weighted by Crippen LogP contribution is -2.32. The maximum absolute atomic E-state index is 12.3. The van der Waals surface area contributed by atoms with E-state index in [1.165, 1.54) is 17.3 Å². The number of aryl methyl sites for hydroxylation is 1. The van der Waals surface area contributed by atoms with Crippen LogP contribution in [0, 0.1) is 6.92 Å². The summed E-state index contributed by atoms with van der Waals surface area (Å²) < 4.78 is 1.03. The molecule has 24 heavy (non-hydrogen) atoms. The molecule has 0 aliphatic rings. The van der Waals surface area contributed by atoms with Crippen molar-refractivity contribution in [2.75, 3.05) is 11.2 Å². The van der Waals surface area contributed by atoms with Crippen LogP contribution in [0.5, 0.6) is 0 Å². The van der Waals surface area contributed by atoms with E-state index in [1.807, 2.05) is 55.5 Å². The summed E-state index contributed by atoms with van der Waals surface area (Å²) in [5.74, 6) is 6.64. The van der Waals surface area contributed by atoms with E-state index in [-0.39, 0.29) is 5.82 Å². The van der Waals surface area contributed by atoms with Gasteiger partial charge in [-0.1, -0.05) is 59.8 Å². The second kappa shape index (κ2) is 7.18. The average Bonchev–Trinajstić information content (AvgIpc) is 2.59. The Hall–Kier alpha value is -2.80. The number of benzene rings is 2. The summed E-state index contributed by atoms with van der Waals surface area (Å²) in [6.07, 6.45) is 0. The topological polar surface area (TPSA) is 85.8 Å². The first-order chi connectivity index (χ1) is 11.6. The molecule has 3 aromatic rings. The number of para-hydroxylation sites is 1. The van der Waals surface area contributed by atoms with Crippen LogP contribution in [0.15, 0.2) is 64.5 Å². The Kier molecular flexibility index (Phi) is 4.81. The second-order valence-electron chi connectivity index (χ2n) is 5.28. The number of nitrogens with two attached hydrogens (primary N) is 1. The van der Waals surface area contributed by atoms with Crippen molar-refractivity contribution in [3.05, 3.63) is 76.1 Å². The molecule has 1 heterocycles. The number of aromatic nitrogens is 3. The van der Waals surface area contributed by atoms with Crippen molar-refractivity contribution in [1.29, 1.82) is 0 Å². The Labute approximate surface area is 143 Å². The molecule has 0 bridgehead atoms. The zero-order chi connectivity index (χ0) is 16.9. The van der Waals surface area contributed by atoms with Gasteiger partial charge in [-0.3, -0.25) is 4.79 Å². The van der Waals surface area contributed by atoms with Gasteiger partial charge in [0, 0.05) is 11.4 Å². The molecule has 0 spiro atoms. The van der Waals surface area contributed by atoms with Gasteiger partial charge in [0.25, 0.3) is 0 Å². The lowest BCUT2D eigenvalue weighted by atomic mass is 10.2. The first kappa shape index (κ1) is 16.1. The van der Waals surface area contributed by atoms with Crippen molar-refractivity contribution >= 4 is 23.3 Å². The minimum absolute atomic E-state index is 0.101. The first-order valence-corrected chi connectivity index (χ1v) is 8.37. The van der Waals surface area contributed by atoms with Crippen LogP contribution in [-0.4, -0.2) is 14.9 Å². The fraction of sp³-hybridized carbons (Fsp3) is 0.118. The van der Waals surface area contributed by atoms with Crippen molar-refractivity contribution in [3.63, 3.8) is 0 Å². The fourth-order valence-corrected chi connectivity index (χ4v) is 2.97. The van der Waals surface area contributed by atoms with E-state index in [9.17, 15) is 4.79 Å². The van der Waals surface area contributed by atoms with Crippen molar-refractivity contribution in [1.82, 2.24) is 14.9 Å². The molecule has 0 amide bonds. The van der Waals surface area contributed by atoms with Crippen LogP contribution < -0.4 is 16.7 Å². The van der Waals surface area contributed by atoms with Gasteiger partial charge in [0.1, 0.15) is 0 Å². The molecule has 0 unspecified atom stereocenters. The van der Waals surface area contributed by atoms with E-state index >= 15 is 0 Å². The van der Waals surface area contributed by atoms with Crippen LogP contribution in [-0.2, 0) is 5.75 Å². The van der Waals surface area contributed by atoms with Crippen molar-refractivity contribution < 1.29 is 0 Å². The predicted molar refractivity (Wildman–Crippen MR) is 96.9 cm³/mol.